The molecule has 0 aliphatic rings. The Morgan fingerprint density at radius 2 is 1.68 bits per heavy atom. The molecule has 0 fully saturated rings. The molecule has 0 aliphatic carbocycles. The molecule has 1 atom stereocenters. The van der Waals surface area contributed by atoms with Crippen LogP contribution in [0.25, 0.3) is 0 Å². The second kappa shape index (κ2) is 6.91. The zero-order valence-corrected chi connectivity index (χ0v) is 11.4. The van der Waals surface area contributed by atoms with Crippen LogP contribution in [0, 0.1) is 0 Å². The molecule has 19 heavy (non-hydrogen) atoms. The van der Waals surface area contributed by atoms with Crippen molar-refractivity contribution in [1.29, 1.82) is 0 Å². The highest BCUT2D eigenvalue weighted by atomic mass is 19.4. The van der Waals surface area contributed by atoms with Crippen LogP contribution in [0.3, 0.4) is 0 Å². The smallest absolute Gasteiger partial charge is 0.375 e. The number of nitrogens with one attached hydrogen (secondary N) is 1. The zero-order valence-electron chi connectivity index (χ0n) is 11.4. The third-order valence-corrected chi connectivity index (χ3v) is 2.54. The number of hydrogen-bond donors (Lipinski definition) is 1. The molecule has 0 saturated heterocycles. The van der Waals surface area contributed by atoms with Gasteiger partial charge in [0.05, 0.1) is 18.8 Å². The van der Waals surface area contributed by atoms with E-state index < -0.39 is 11.7 Å². The first kappa shape index (κ1) is 16.0. The maximum absolute atomic E-state index is 12.4. The number of alkyl halides is 3. The Morgan fingerprint density at radius 3 is 2.16 bits per heavy atom. The van der Waals surface area contributed by atoms with Crippen LogP contribution < -0.4 is 5.32 Å². The summed E-state index contributed by atoms with van der Waals surface area (Å²) in [5.74, 6) is 0. The summed E-state index contributed by atoms with van der Waals surface area (Å²) < 4.78 is 42.5. The van der Waals surface area contributed by atoms with Crippen molar-refractivity contribution in [3.8, 4) is 0 Å². The minimum atomic E-state index is -4.28. The normalized spacial score (nSPS) is 13.8. The summed E-state index contributed by atoms with van der Waals surface area (Å²) in [5.41, 5.74) is 0.107. The number of hydrogen-bond acceptors (Lipinski definition) is 2. The largest absolute Gasteiger partial charge is 0.416 e. The van der Waals surface area contributed by atoms with Gasteiger partial charge >= 0.3 is 6.18 Å². The van der Waals surface area contributed by atoms with Gasteiger partial charge in [-0.2, -0.15) is 13.2 Å². The van der Waals surface area contributed by atoms with Crippen LogP contribution >= 0.6 is 0 Å². The van der Waals surface area contributed by atoms with E-state index in [2.05, 4.69) is 5.32 Å². The van der Waals surface area contributed by atoms with Gasteiger partial charge in [0.25, 0.3) is 0 Å². The highest BCUT2D eigenvalue weighted by Crippen LogP contribution is 2.29. The Labute approximate surface area is 112 Å². The van der Waals surface area contributed by atoms with E-state index in [1.54, 1.807) is 0 Å². The van der Waals surface area contributed by atoms with Gasteiger partial charge in [0.1, 0.15) is 0 Å². The zero-order chi connectivity index (χ0) is 14.5. The number of halogens is 3. The molecule has 0 heterocycles. The Bertz CT molecular complexity index is 373. The number of benzene rings is 1. The molecular formula is C14H20F3NO. The molecule has 2 nitrogen and oxygen atoms in total. The second-order valence-electron chi connectivity index (χ2n) is 4.93. The first-order valence-corrected chi connectivity index (χ1v) is 6.29. The fraction of sp³-hybridized carbons (Fsp3) is 0.571. The van der Waals surface area contributed by atoms with Crippen molar-refractivity contribution in [1.82, 2.24) is 5.32 Å². The van der Waals surface area contributed by atoms with Gasteiger partial charge in [-0.25, -0.2) is 0 Å². The molecule has 108 valence electrons. The molecule has 1 unspecified atom stereocenters. The van der Waals surface area contributed by atoms with E-state index in [4.69, 9.17) is 4.74 Å². The summed E-state index contributed by atoms with van der Waals surface area (Å²) in [6.45, 7) is 6.95. The standard InChI is InChI=1S/C14H20F3NO/c1-10(2)18-11(3)8-19-9-12-4-6-13(7-5-12)14(15,16)17/h4-7,10-11,18H,8-9H2,1-3H3. The van der Waals surface area contributed by atoms with Crippen molar-refractivity contribution in [2.75, 3.05) is 6.61 Å². The van der Waals surface area contributed by atoms with Crippen LogP contribution in [-0.4, -0.2) is 18.7 Å². The Morgan fingerprint density at radius 1 is 1.11 bits per heavy atom. The van der Waals surface area contributed by atoms with Crippen molar-refractivity contribution in [2.24, 2.45) is 0 Å². The van der Waals surface area contributed by atoms with Gasteiger partial charge in [-0.05, 0) is 24.6 Å². The third-order valence-electron chi connectivity index (χ3n) is 2.54. The molecule has 1 aromatic carbocycles. The fourth-order valence-corrected chi connectivity index (χ4v) is 1.76. The Kier molecular flexibility index (Phi) is 5.82. The predicted molar refractivity (Wildman–Crippen MR) is 68.8 cm³/mol. The molecule has 1 rings (SSSR count). The summed E-state index contributed by atoms with van der Waals surface area (Å²) >= 11 is 0. The summed E-state index contributed by atoms with van der Waals surface area (Å²) in [6, 6.07) is 5.65. The van der Waals surface area contributed by atoms with E-state index >= 15 is 0 Å². The highest BCUT2D eigenvalue weighted by Gasteiger charge is 2.29. The summed E-state index contributed by atoms with van der Waals surface area (Å²) in [4.78, 5) is 0. The average Bonchev–Trinajstić information content (AvgIpc) is 2.27. The van der Waals surface area contributed by atoms with Crippen molar-refractivity contribution in [3.63, 3.8) is 0 Å². The van der Waals surface area contributed by atoms with Crippen LogP contribution in [-0.2, 0) is 17.5 Å². The molecule has 0 bridgehead atoms. The summed E-state index contributed by atoms with van der Waals surface area (Å²) in [7, 11) is 0. The summed E-state index contributed by atoms with van der Waals surface area (Å²) in [6.07, 6.45) is -4.28. The lowest BCUT2D eigenvalue weighted by atomic mass is 10.1. The van der Waals surface area contributed by atoms with E-state index in [-0.39, 0.29) is 6.04 Å². The minimum absolute atomic E-state index is 0.217. The molecule has 0 radical (unpaired) electrons. The number of ether oxygens (including phenoxy) is 1. The Hall–Kier alpha value is -1.07. The molecule has 5 heteroatoms. The van der Waals surface area contributed by atoms with Crippen molar-refractivity contribution >= 4 is 0 Å². The molecule has 0 aliphatic heterocycles. The minimum Gasteiger partial charge on any atom is -0.375 e. The SMILES string of the molecule is CC(C)NC(C)COCc1ccc(C(F)(F)F)cc1. The van der Waals surface area contributed by atoms with E-state index in [1.807, 2.05) is 20.8 Å². The quantitative estimate of drug-likeness (QED) is 0.856. The van der Waals surface area contributed by atoms with Gasteiger partial charge in [0, 0.05) is 12.1 Å². The first-order chi connectivity index (χ1) is 8.79. The van der Waals surface area contributed by atoms with Gasteiger partial charge in [0.2, 0.25) is 0 Å². The van der Waals surface area contributed by atoms with Gasteiger partial charge in [-0.1, -0.05) is 26.0 Å². The summed E-state index contributed by atoms with van der Waals surface area (Å²) in [5, 5.41) is 3.28. The lowest BCUT2D eigenvalue weighted by molar-refractivity contribution is -0.137. The van der Waals surface area contributed by atoms with Gasteiger partial charge < -0.3 is 10.1 Å². The van der Waals surface area contributed by atoms with Crippen LogP contribution in [0.1, 0.15) is 31.9 Å². The third kappa shape index (κ3) is 6.07. The average molecular weight is 275 g/mol. The topological polar surface area (TPSA) is 21.3 Å². The maximum atomic E-state index is 12.4. The first-order valence-electron chi connectivity index (χ1n) is 6.29. The van der Waals surface area contributed by atoms with E-state index in [9.17, 15) is 13.2 Å². The molecule has 0 saturated carbocycles. The van der Waals surface area contributed by atoms with Crippen LogP contribution in [0.15, 0.2) is 24.3 Å². The predicted octanol–water partition coefficient (Wildman–Crippen LogP) is 3.61. The highest BCUT2D eigenvalue weighted by molar-refractivity contribution is 5.24. The fourth-order valence-electron chi connectivity index (χ4n) is 1.76. The molecule has 1 aromatic rings. The lowest BCUT2D eigenvalue weighted by Gasteiger charge is -2.17. The van der Waals surface area contributed by atoms with Crippen molar-refractivity contribution in [3.05, 3.63) is 35.4 Å². The van der Waals surface area contributed by atoms with Gasteiger partial charge in [-0.3, -0.25) is 0 Å². The van der Waals surface area contributed by atoms with E-state index in [1.165, 1.54) is 12.1 Å². The van der Waals surface area contributed by atoms with Crippen LogP contribution in [0.2, 0.25) is 0 Å². The lowest BCUT2D eigenvalue weighted by Crippen LogP contribution is -2.35. The molecular weight excluding hydrogens is 255 g/mol. The van der Waals surface area contributed by atoms with Crippen LogP contribution in [0.5, 0.6) is 0 Å². The van der Waals surface area contributed by atoms with Crippen molar-refractivity contribution < 1.29 is 17.9 Å². The van der Waals surface area contributed by atoms with E-state index in [0.29, 0.717) is 19.3 Å². The van der Waals surface area contributed by atoms with E-state index in [0.717, 1.165) is 17.7 Å². The maximum Gasteiger partial charge on any atom is 0.416 e. The van der Waals surface area contributed by atoms with Gasteiger partial charge in [-0.15, -0.1) is 0 Å². The molecule has 0 amide bonds. The van der Waals surface area contributed by atoms with Gasteiger partial charge in [0.15, 0.2) is 0 Å². The van der Waals surface area contributed by atoms with Crippen LogP contribution in [0.4, 0.5) is 13.2 Å². The molecule has 1 N–H and O–H groups in total. The Balaban J connectivity index is 2.38. The monoisotopic (exact) mass is 275 g/mol. The van der Waals surface area contributed by atoms with Crippen molar-refractivity contribution in [2.45, 2.75) is 45.6 Å². The molecule has 0 spiro atoms. The number of rotatable bonds is 6. The second-order valence-corrected chi connectivity index (χ2v) is 4.93. The molecule has 0 aromatic heterocycles.